The fraction of sp³-hybridized carbons (Fsp3) is 0.923. The maximum absolute atomic E-state index is 11.9. The van der Waals surface area contributed by atoms with Crippen molar-refractivity contribution in [1.29, 1.82) is 0 Å². The standard InChI is InChI=1S/C13H26N2O2/c1-10-6-5-7-12(11(10)2)14-13(16)15(3)8-9-17-4/h10-12H,5-9H2,1-4H3,(H,14,16). The van der Waals surface area contributed by atoms with E-state index in [-0.39, 0.29) is 6.03 Å². The van der Waals surface area contributed by atoms with Gasteiger partial charge in [0.2, 0.25) is 0 Å². The third kappa shape index (κ3) is 4.19. The van der Waals surface area contributed by atoms with Crippen LogP contribution in [0.2, 0.25) is 0 Å². The molecule has 100 valence electrons. The van der Waals surface area contributed by atoms with E-state index in [1.54, 1.807) is 12.0 Å². The first-order chi connectivity index (χ1) is 8.06. The Morgan fingerprint density at radius 2 is 2.12 bits per heavy atom. The van der Waals surface area contributed by atoms with Gasteiger partial charge < -0.3 is 15.0 Å². The molecule has 0 aromatic heterocycles. The van der Waals surface area contributed by atoms with E-state index in [1.165, 1.54) is 12.8 Å². The van der Waals surface area contributed by atoms with Gasteiger partial charge in [-0.3, -0.25) is 0 Å². The van der Waals surface area contributed by atoms with E-state index < -0.39 is 0 Å². The second-order valence-electron chi connectivity index (χ2n) is 5.24. The van der Waals surface area contributed by atoms with Gasteiger partial charge in [-0.1, -0.05) is 26.7 Å². The second kappa shape index (κ2) is 6.84. The maximum atomic E-state index is 11.9. The highest BCUT2D eigenvalue weighted by Crippen LogP contribution is 2.29. The predicted molar refractivity (Wildman–Crippen MR) is 69.0 cm³/mol. The molecule has 1 aliphatic carbocycles. The van der Waals surface area contributed by atoms with Gasteiger partial charge in [0.1, 0.15) is 0 Å². The van der Waals surface area contributed by atoms with Gasteiger partial charge in [0, 0.05) is 26.7 Å². The van der Waals surface area contributed by atoms with Crippen molar-refractivity contribution in [3.05, 3.63) is 0 Å². The highest BCUT2D eigenvalue weighted by atomic mass is 16.5. The number of hydrogen-bond donors (Lipinski definition) is 1. The van der Waals surface area contributed by atoms with Crippen molar-refractivity contribution in [3.63, 3.8) is 0 Å². The zero-order valence-electron chi connectivity index (χ0n) is 11.5. The molecule has 0 aromatic carbocycles. The van der Waals surface area contributed by atoms with Crippen LogP contribution in [0.1, 0.15) is 33.1 Å². The number of likely N-dealkylation sites (N-methyl/N-ethyl adjacent to an activating group) is 1. The fourth-order valence-electron chi connectivity index (χ4n) is 2.38. The molecular formula is C13H26N2O2. The monoisotopic (exact) mass is 242 g/mol. The number of nitrogens with one attached hydrogen (secondary N) is 1. The highest BCUT2D eigenvalue weighted by molar-refractivity contribution is 5.74. The number of rotatable bonds is 4. The van der Waals surface area contributed by atoms with Gasteiger partial charge in [-0.05, 0) is 18.3 Å². The van der Waals surface area contributed by atoms with E-state index in [1.807, 2.05) is 7.05 Å². The molecule has 0 radical (unpaired) electrons. The lowest BCUT2D eigenvalue weighted by Crippen LogP contribution is -2.48. The topological polar surface area (TPSA) is 41.6 Å². The Morgan fingerprint density at radius 3 is 2.76 bits per heavy atom. The molecule has 0 saturated heterocycles. The fourth-order valence-corrected chi connectivity index (χ4v) is 2.38. The molecule has 4 heteroatoms. The van der Waals surface area contributed by atoms with E-state index in [4.69, 9.17) is 4.74 Å². The lowest BCUT2D eigenvalue weighted by atomic mass is 9.78. The Bertz CT molecular complexity index is 246. The minimum absolute atomic E-state index is 0.0213. The second-order valence-corrected chi connectivity index (χ2v) is 5.24. The third-order valence-corrected chi connectivity index (χ3v) is 3.99. The van der Waals surface area contributed by atoms with Crippen molar-refractivity contribution >= 4 is 6.03 Å². The van der Waals surface area contributed by atoms with Crippen LogP contribution in [0.4, 0.5) is 4.79 Å². The number of carbonyl (C=O) groups is 1. The summed E-state index contributed by atoms with van der Waals surface area (Å²) >= 11 is 0. The van der Waals surface area contributed by atoms with E-state index >= 15 is 0 Å². The highest BCUT2D eigenvalue weighted by Gasteiger charge is 2.28. The summed E-state index contributed by atoms with van der Waals surface area (Å²) in [6.45, 7) is 5.74. The van der Waals surface area contributed by atoms with E-state index in [2.05, 4.69) is 19.2 Å². The largest absolute Gasteiger partial charge is 0.383 e. The summed E-state index contributed by atoms with van der Waals surface area (Å²) in [5.74, 6) is 1.28. The average molecular weight is 242 g/mol. The van der Waals surface area contributed by atoms with Crippen LogP contribution in [0.15, 0.2) is 0 Å². The molecule has 4 nitrogen and oxygen atoms in total. The molecule has 1 saturated carbocycles. The van der Waals surface area contributed by atoms with Gasteiger partial charge in [0.05, 0.1) is 6.61 Å². The van der Waals surface area contributed by atoms with E-state index in [0.717, 1.165) is 6.42 Å². The van der Waals surface area contributed by atoms with Crippen LogP contribution in [0, 0.1) is 11.8 Å². The Kier molecular flexibility index (Phi) is 5.75. The third-order valence-electron chi connectivity index (χ3n) is 3.99. The van der Waals surface area contributed by atoms with Crippen molar-refractivity contribution in [3.8, 4) is 0 Å². The number of amides is 2. The Hall–Kier alpha value is -0.770. The van der Waals surface area contributed by atoms with Crippen LogP contribution >= 0.6 is 0 Å². The Morgan fingerprint density at radius 1 is 1.41 bits per heavy atom. The first-order valence-corrected chi connectivity index (χ1v) is 6.56. The van der Waals surface area contributed by atoms with Crippen molar-refractivity contribution < 1.29 is 9.53 Å². The lowest BCUT2D eigenvalue weighted by molar-refractivity contribution is 0.148. The van der Waals surface area contributed by atoms with Crippen LogP contribution in [0.3, 0.4) is 0 Å². The van der Waals surface area contributed by atoms with Gasteiger partial charge >= 0.3 is 6.03 Å². The quantitative estimate of drug-likeness (QED) is 0.820. The van der Waals surface area contributed by atoms with Crippen LogP contribution < -0.4 is 5.32 Å². The van der Waals surface area contributed by atoms with Crippen LogP contribution in [0.25, 0.3) is 0 Å². The summed E-state index contributed by atoms with van der Waals surface area (Å²) < 4.78 is 4.97. The molecule has 1 N–H and O–H groups in total. The summed E-state index contributed by atoms with van der Waals surface area (Å²) in [4.78, 5) is 13.6. The summed E-state index contributed by atoms with van der Waals surface area (Å²) in [7, 11) is 3.46. The molecule has 3 unspecified atom stereocenters. The van der Waals surface area contributed by atoms with Crippen LogP contribution in [-0.2, 0) is 4.74 Å². The number of ether oxygens (including phenoxy) is 1. The summed E-state index contributed by atoms with van der Waals surface area (Å²) in [6.07, 6.45) is 3.61. The van der Waals surface area contributed by atoms with Gasteiger partial charge in [-0.15, -0.1) is 0 Å². The first-order valence-electron chi connectivity index (χ1n) is 6.56. The van der Waals surface area contributed by atoms with Crippen molar-refractivity contribution in [1.82, 2.24) is 10.2 Å². The van der Waals surface area contributed by atoms with Gasteiger partial charge in [-0.25, -0.2) is 4.79 Å². The summed E-state index contributed by atoms with van der Waals surface area (Å²) in [5, 5.41) is 3.14. The number of hydrogen-bond acceptors (Lipinski definition) is 2. The molecule has 17 heavy (non-hydrogen) atoms. The zero-order chi connectivity index (χ0) is 12.8. The van der Waals surface area contributed by atoms with Crippen LogP contribution in [-0.4, -0.2) is 44.3 Å². The van der Waals surface area contributed by atoms with E-state index in [9.17, 15) is 4.79 Å². The number of nitrogens with zero attached hydrogens (tertiary/aromatic N) is 1. The number of urea groups is 1. The predicted octanol–water partition coefficient (Wildman–Crippen LogP) is 2.10. The molecule has 0 heterocycles. The molecule has 2 amide bonds. The van der Waals surface area contributed by atoms with Gasteiger partial charge in [0.15, 0.2) is 0 Å². The minimum Gasteiger partial charge on any atom is -0.383 e. The van der Waals surface area contributed by atoms with Crippen molar-refractivity contribution in [2.24, 2.45) is 11.8 Å². The molecule has 0 bridgehead atoms. The zero-order valence-corrected chi connectivity index (χ0v) is 11.5. The van der Waals surface area contributed by atoms with Crippen molar-refractivity contribution in [2.45, 2.75) is 39.2 Å². The molecule has 0 aliphatic heterocycles. The van der Waals surface area contributed by atoms with E-state index in [0.29, 0.717) is 31.0 Å². The SMILES string of the molecule is COCCN(C)C(=O)NC1CCCC(C)C1C. The molecule has 1 aliphatic rings. The average Bonchev–Trinajstić information content (AvgIpc) is 2.31. The molecule has 0 aromatic rings. The summed E-state index contributed by atoms with van der Waals surface area (Å²) in [5.41, 5.74) is 0. The number of carbonyl (C=O) groups excluding carboxylic acids is 1. The number of methoxy groups -OCH3 is 1. The normalized spacial score (nSPS) is 28.8. The van der Waals surface area contributed by atoms with Gasteiger partial charge in [-0.2, -0.15) is 0 Å². The smallest absolute Gasteiger partial charge is 0.317 e. The molecule has 3 atom stereocenters. The first kappa shape index (κ1) is 14.3. The van der Waals surface area contributed by atoms with Crippen molar-refractivity contribution in [2.75, 3.05) is 27.3 Å². The minimum atomic E-state index is 0.0213. The maximum Gasteiger partial charge on any atom is 0.317 e. The lowest BCUT2D eigenvalue weighted by Gasteiger charge is -2.35. The summed E-state index contributed by atoms with van der Waals surface area (Å²) in [6, 6.07) is 0.351. The molecule has 1 rings (SSSR count). The van der Waals surface area contributed by atoms with Gasteiger partial charge in [0.25, 0.3) is 0 Å². The Balaban J connectivity index is 2.39. The molecule has 1 fully saturated rings. The van der Waals surface area contributed by atoms with Crippen LogP contribution in [0.5, 0.6) is 0 Å². The molecule has 0 spiro atoms. The Labute approximate surface area is 105 Å². The molecular weight excluding hydrogens is 216 g/mol.